The molecule has 1 rings (SSSR count). The normalized spacial score (nSPS) is 30.9. The van der Waals surface area contributed by atoms with Crippen molar-refractivity contribution in [3.8, 4) is 0 Å². The highest BCUT2D eigenvalue weighted by atomic mass is 16.5. The quantitative estimate of drug-likeness (QED) is 0.778. The van der Waals surface area contributed by atoms with Gasteiger partial charge in [-0.25, -0.2) is 0 Å². The maximum atomic E-state index is 5.79. The molecule has 1 heterocycles. The first kappa shape index (κ1) is 14.0. The van der Waals surface area contributed by atoms with Crippen LogP contribution in [0.25, 0.3) is 0 Å². The van der Waals surface area contributed by atoms with Gasteiger partial charge in [-0.05, 0) is 38.1 Å². The van der Waals surface area contributed by atoms with E-state index in [9.17, 15) is 0 Å². The predicted octanol–water partition coefficient (Wildman–Crippen LogP) is 3.22. The first-order valence-corrected chi connectivity index (χ1v) is 6.72. The molecule has 2 nitrogen and oxygen atoms in total. The lowest BCUT2D eigenvalue weighted by Crippen LogP contribution is -2.40. The largest absolute Gasteiger partial charge is 0.378 e. The molecule has 2 heteroatoms. The number of ether oxygens (including phenoxy) is 1. The zero-order valence-electron chi connectivity index (χ0n) is 11.7. The van der Waals surface area contributed by atoms with Gasteiger partial charge in [-0.15, -0.1) is 0 Å². The van der Waals surface area contributed by atoms with Gasteiger partial charge >= 0.3 is 0 Å². The topological polar surface area (TPSA) is 21.3 Å². The summed E-state index contributed by atoms with van der Waals surface area (Å²) in [6.45, 7) is 14.5. The Balaban J connectivity index is 2.57. The van der Waals surface area contributed by atoms with Crippen LogP contribution in [-0.4, -0.2) is 25.8 Å². The zero-order chi connectivity index (χ0) is 12.2. The van der Waals surface area contributed by atoms with E-state index in [1.54, 1.807) is 0 Å². The number of rotatable bonds is 5. The van der Waals surface area contributed by atoms with Gasteiger partial charge in [0.15, 0.2) is 0 Å². The summed E-state index contributed by atoms with van der Waals surface area (Å²) in [6, 6.07) is 0. The van der Waals surface area contributed by atoms with E-state index in [2.05, 4.69) is 39.9 Å². The van der Waals surface area contributed by atoms with Gasteiger partial charge in [-0.3, -0.25) is 0 Å². The van der Waals surface area contributed by atoms with Crippen molar-refractivity contribution in [2.45, 2.75) is 60.0 Å². The molecule has 1 fully saturated rings. The number of hydrogen-bond donors (Lipinski definition) is 1. The monoisotopic (exact) mass is 227 g/mol. The number of hydrogen-bond acceptors (Lipinski definition) is 2. The van der Waals surface area contributed by atoms with Crippen LogP contribution in [0.4, 0.5) is 0 Å². The van der Waals surface area contributed by atoms with Gasteiger partial charge in [0.05, 0.1) is 6.10 Å². The Bertz CT molecular complexity index is 209. The van der Waals surface area contributed by atoms with Crippen LogP contribution >= 0.6 is 0 Å². The maximum absolute atomic E-state index is 5.79. The van der Waals surface area contributed by atoms with Crippen molar-refractivity contribution >= 4 is 0 Å². The Morgan fingerprint density at radius 1 is 1.38 bits per heavy atom. The summed E-state index contributed by atoms with van der Waals surface area (Å²) in [6.07, 6.45) is 4.20. The molecule has 1 saturated heterocycles. The molecule has 0 radical (unpaired) electrons. The molecule has 0 bridgehead atoms. The third kappa shape index (κ3) is 3.74. The number of nitrogens with one attached hydrogen (secondary N) is 1. The van der Waals surface area contributed by atoms with Gasteiger partial charge in [0, 0.05) is 18.6 Å². The molecule has 16 heavy (non-hydrogen) atoms. The first-order chi connectivity index (χ1) is 7.40. The predicted molar refractivity (Wildman–Crippen MR) is 69.7 cm³/mol. The Labute approximate surface area is 101 Å². The molecule has 2 atom stereocenters. The van der Waals surface area contributed by atoms with Crippen LogP contribution in [0, 0.1) is 10.8 Å². The van der Waals surface area contributed by atoms with Crippen molar-refractivity contribution in [3.63, 3.8) is 0 Å². The van der Waals surface area contributed by atoms with Gasteiger partial charge in [0.25, 0.3) is 0 Å². The van der Waals surface area contributed by atoms with Gasteiger partial charge in [-0.2, -0.15) is 0 Å². The molecule has 0 saturated carbocycles. The lowest BCUT2D eigenvalue weighted by atomic mass is 9.73. The van der Waals surface area contributed by atoms with Crippen LogP contribution in [0.1, 0.15) is 53.9 Å². The molecule has 0 amide bonds. The summed E-state index contributed by atoms with van der Waals surface area (Å²) in [5, 5.41) is 3.52. The summed E-state index contributed by atoms with van der Waals surface area (Å²) in [4.78, 5) is 0. The van der Waals surface area contributed by atoms with Crippen LogP contribution in [0.5, 0.6) is 0 Å². The van der Waals surface area contributed by atoms with Crippen molar-refractivity contribution in [2.75, 3.05) is 19.7 Å². The lowest BCUT2D eigenvalue weighted by molar-refractivity contribution is 0.0525. The smallest absolute Gasteiger partial charge is 0.0616 e. The lowest BCUT2D eigenvalue weighted by Gasteiger charge is -2.35. The van der Waals surface area contributed by atoms with E-state index in [4.69, 9.17) is 4.74 Å². The standard InChI is InChI=1S/C14H29NO/c1-6-15-11-14(8-7-13(3,4)5)9-10-16-12(14)2/h12,15H,6-11H2,1-5H3. The molecule has 2 unspecified atom stereocenters. The molecule has 0 aromatic heterocycles. The van der Waals surface area contributed by atoms with E-state index in [0.29, 0.717) is 16.9 Å². The van der Waals surface area contributed by atoms with E-state index in [-0.39, 0.29) is 0 Å². The molecule has 96 valence electrons. The highest BCUT2D eigenvalue weighted by Crippen LogP contribution is 2.41. The van der Waals surface area contributed by atoms with Crippen molar-refractivity contribution in [3.05, 3.63) is 0 Å². The Morgan fingerprint density at radius 2 is 2.06 bits per heavy atom. The molecule has 0 spiro atoms. The fourth-order valence-corrected chi connectivity index (χ4v) is 2.47. The van der Waals surface area contributed by atoms with Crippen LogP contribution in [0.3, 0.4) is 0 Å². The highest BCUT2D eigenvalue weighted by Gasteiger charge is 2.41. The molecule has 1 aliphatic rings. The van der Waals surface area contributed by atoms with Gasteiger partial charge in [0.1, 0.15) is 0 Å². The van der Waals surface area contributed by atoms with E-state index < -0.39 is 0 Å². The average molecular weight is 227 g/mol. The summed E-state index contributed by atoms with van der Waals surface area (Å²) < 4.78 is 5.79. The SMILES string of the molecule is CCNCC1(CCC(C)(C)C)CCOC1C. The summed E-state index contributed by atoms with van der Waals surface area (Å²) in [5.74, 6) is 0. The first-order valence-electron chi connectivity index (χ1n) is 6.72. The molecule has 0 aliphatic carbocycles. The molecule has 0 aromatic carbocycles. The summed E-state index contributed by atoms with van der Waals surface area (Å²) in [5.41, 5.74) is 0.810. The fourth-order valence-electron chi connectivity index (χ4n) is 2.47. The van der Waals surface area contributed by atoms with Crippen LogP contribution in [0.15, 0.2) is 0 Å². The van der Waals surface area contributed by atoms with Crippen LogP contribution in [0.2, 0.25) is 0 Å². The van der Waals surface area contributed by atoms with Crippen molar-refractivity contribution in [1.82, 2.24) is 5.32 Å². The van der Waals surface area contributed by atoms with Crippen molar-refractivity contribution < 1.29 is 4.74 Å². The minimum absolute atomic E-state index is 0.378. The molecule has 1 N–H and O–H groups in total. The van der Waals surface area contributed by atoms with Crippen molar-refractivity contribution in [1.29, 1.82) is 0 Å². The second kappa shape index (κ2) is 5.50. The Hall–Kier alpha value is -0.0800. The minimum Gasteiger partial charge on any atom is -0.378 e. The van der Waals surface area contributed by atoms with E-state index in [0.717, 1.165) is 19.7 Å². The van der Waals surface area contributed by atoms with Gasteiger partial charge in [-0.1, -0.05) is 27.7 Å². The average Bonchev–Trinajstić information content (AvgIpc) is 2.54. The third-order valence-corrected chi connectivity index (χ3v) is 3.93. The molecule has 1 aliphatic heterocycles. The Kier molecular flexibility index (Phi) is 4.81. The van der Waals surface area contributed by atoms with Crippen LogP contribution in [-0.2, 0) is 4.74 Å². The molecule has 0 aromatic rings. The maximum Gasteiger partial charge on any atom is 0.0616 e. The Morgan fingerprint density at radius 3 is 2.50 bits per heavy atom. The van der Waals surface area contributed by atoms with E-state index in [1.165, 1.54) is 19.3 Å². The van der Waals surface area contributed by atoms with Crippen molar-refractivity contribution in [2.24, 2.45) is 10.8 Å². The van der Waals surface area contributed by atoms with Gasteiger partial charge in [0.2, 0.25) is 0 Å². The third-order valence-electron chi connectivity index (χ3n) is 3.93. The molecular formula is C14H29NO. The summed E-state index contributed by atoms with van der Waals surface area (Å²) >= 11 is 0. The summed E-state index contributed by atoms with van der Waals surface area (Å²) in [7, 11) is 0. The van der Waals surface area contributed by atoms with Crippen LogP contribution < -0.4 is 5.32 Å². The highest BCUT2D eigenvalue weighted by molar-refractivity contribution is 4.92. The minimum atomic E-state index is 0.378. The second-order valence-electron chi connectivity index (χ2n) is 6.47. The van der Waals surface area contributed by atoms with Gasteiger partial charge < -0.3 is 10.1 Å². The van der Waals surface area contributed by atoms with E-state index in [1.807, 2.05) is 0 Å². The zero-order valence-corrected chi connectivity index (χ0v) is 11.7. The van der Waals surface area contributed by atoms with E-state index >= 15 is 0 Å². The molecular weight excluding hydrogens is 198 g/mol. The second-order valence-corrected chi connectivity index (χ2v) is 6.47. The fraction of sp³-hybridized carbons (Fsp3) is 1.00.